The second kappa shape index (κ2) is 6.49. The molecule has 0 amide bonds. The number of para-hydroxylation sites is 1. The molecule has 2 aromatic rings. The van der Waals surface area contributed by atoms with Crippen LogP contribution in [0.15, 0.2) is 54.6 Å². The van der Waals surface area contributed by atoms with Gasteiger partial charge in [0.1, 0.15) is 11.5 Å². The predicted molar refractivity (Wildman–Crippen MR) is 72.4 cm³/mol. The lowest BCUT2D eigenvalue weighted by Gasteiger charge is -2.06. The summed E-state index contributed by atoms with van der Waals surface area (Å²) in [6.45, 7) is -0.332. The lowest BCUT2D eigenvalue weighted by Crippen LogP contribution is -2.20. The zero-order valence-electron chi connectivity index (χ0n) is 10.6. The second-order valence-corrected chi connectivity index (χ2v) is 3.91. The van der Waals surface area contributed by atoms with Crippen molar-refractivity contribution in [3.8, 4) is 11.5 Å². The molecule has 5 heteroatoms. The molecule has 0 atom stereocenters. The van der Waals surface area contributed by atoms with Gasteiger partial charge in [0.05, 0.1) is 12.1 Å². The van der Waals surface area contributed by atoms with E-state index in [1.54, 1.807) is 12.1 Å². The summed E-state index contributed by atoms with van der Waals surface area (Å²) in [6.07, 6.45) is 0. The lowest BCUT2D eigenvalue weighted by molar-refractivity contribution is -0.136. The maximum atomic E-state index is 11.5. The standard InChI is InChI=1S/C15H13NO4/c16-10-14(17)20-15(18)11-6-8-13(9-7-11)19-12-4-2-1-3-5-12/h1-9H,10,16H2. The van der Waals surface area contributed by atoms with Gasteiger partial charge >= 0.3 is 11.9 Å². The van der Waals surface area contributed by atoms with Gasteiger partial charge in [0, 0.05) is 0 Å². The molecular weight excluding hydrogens is 258 g/mol. The van der Waals surface area contributed by atoms with Crippen molar-refractivity contribution in [2.75, 3.05) is 6.54 Å². The van der Waals surface area contributed by atoms with Gasteiger partial charge in [0.15, 0.2) is 0 Å². The fourth-order valence-electron chi connectivity index (χ4n) is 1.49. The van der Waals surface area contributed by atoms with E-state index in [1.165, 1.54) is 12.1 Å². The van der Waals surface area contributed by atoms with Crippen LogP contribution in [0.25, 0.3) is 0 Å². The van der Waals surface area contributed by atoms with Gasteiger partial charge in [0.25, 0.3) is 0 Å². The van der Waals surface area contributed by atoms with E-state index in [0.717, 1.165) is 0 Å². The first-order chi connectivity index (χ1) is 9.69. The molecule has 0 fully saturated rings. The zero-order chi connectivity index (χ0) is 14.4. The van der Waals surface area contributed by atoms with E-state index >= 15 is 0 Å². The van der Waals surface area contributed by atoms with E-state index in [1.807, 2.05) is 30.3 Å². The van der Waals surface area contributed by atoms with Crippen LogP contribution in [0.2, 0.25) is 0 Å². The summed E-state index contributed by atoms with van der Waals surface area (Å²) in [5.41, 5.74) is 5.32. The Morgan fingerprint density at radius 1 is 0.900 bits per heavy atom. The van der Waals surface area contributed by atoms with Gasteiger partial charge in [-0.25, -0.2) is 4.79 Å². The van der Waals surface area contributed by atoms with Crippen molar-refractivity contribution in [2.45, 2.75) is 0 Å². The molecule has 0 unspecified atom stereocenters. The van der Waals surface area contributed by atoms with Crippen LogP contribution in [0.5, 0.6) is 11.5 Å². The molecule has 0 aliphatic carbocycles. The summed E-state index contributed by atoms with van der Waals surface area (Å²) in [4.78, 5) is 22.5. The fraction of sp³-hybridized carbons (Fsp3) is 0.0667. The number of nitrogens with two attached hydrogens (primary N) is 1. The van der Waals surface area contributed by atoms with Gasteiger partial charge in [-0.3, -0.25) is 4.79 Å². The van der Waals surface area contributed by atoms with Crippen molar-refractivity contribution in [2.24, 2.45) is 5.73 Å². The lowest BCUT2D eigenvalue weighted by atomic mass is 10.2. The summed E-state index contributed by atoms with van der Waals surface area (Å²) in [7, 11) is 0. The monoisotopic (exact) mass is 271 g/mol. The van der Waals surface area contributed by atoms with Gasteiger partial charge < -0.3 is 15.2 Å². The van der Waals surface area contributed by atoms with Crippen LogP contribution < -0.4 is 10.5 Å². The van der Waals surface area contributed by atoms with E-state index in [0.29, 0.717) is 11.5 Å². The topological polar surface area (TPSA) is 78.6 Å². The molecule has 2 N–H and O–H groups in total. The third kappa shape index (κ3) is 3.66. The van der Waals surface area contributed by atoms with E-state index < -0.39 is 11.9 Å². The van der Waals surface area contributed by atoms with Crippen LogP contribution >= 0.6 is 0 Å². The molecule has 0 saturated heterocycles. The molecule has 2 aromatic carbocycles. The molecule has 2 rings (SSSR count). The Kier molecular flexibility index (Phi) is 4.47. The van der Waals surface area contributed by atoms with Crippen LogP contribution in [0.3, 0.4) is 0 Å². The minimum atomic E-state index is -0.764. The first-order valence-corrected chi connectivity index (χ1v) is 5.97. The van der Waals surface area contributed by atoms with Crippen LogP contribution in [0.1, 0.15) is 10.4 Å². The Morgan fingerprint density at radius 2 is 1.50 bits per heavy atom. The molecular formula is C15H13NO4. The first kappa shape index (κ1) is 13.8. The minimum absolute atomic E-state index is 0.257. The number of carbonyl (C=O) groups excluding carboxylic acids is 2. The summed E-state index contributed by atoms with van der Waals surface area (Å²) in [5.74, 6) is -0.217. The number of benzene rings is 2. The van der Waals surface area contributed by atoms with Gasteiger partial charge in [-0.2, -0.15) is 0 Å². The van der Waals surface area contributed by atoms with Crippen molar-refractivity contribution >= 4 is 11.9 Å². The normalized spacial score (nSPS) is 9.85. The van der Waals surface area contributed by atoms with Gasteiger partial charge in [0.2, 0.25) is 0 Å². The number of hydrogen-bond acceptors (Lipinski definition) is 5. The molecule has 20 heavy (non-hydrogen) atoms. The maximum absolute atomic E-state index is 11.5. The Balaban J connectivity index is 2.03. The minimum Gasteiger partial charge on any atom is -0.457 e. The van der Waals surface area contributed by atoms with Crippen LogP contribution in [0, 0.1) is 0 Å². The molecule has 0 radical (unpaired) electrons. The zero-order valence-corrected chi connectivity index (χ0v) is 10.6. The quantitative estimate of drug-likeness (QED) is 0.680. The maximum Gasteiger partial charge on any atom is 0.345 e. The van der Waals surface area contributed by atoms with Gasteiger partial charge in [-0.05, 0) is 36.4 Å². The highest BCUT2D eigenvalue weighted by atomic mass is 16.6. The fourth-order valence-corrected chi connectivity index (χ4v) is 1.49. The smallest absolute Gasteiger partial charge is 0.345 e. The molecule has 0 spiro atoms. The Bertz CT molecular complexity index is 593. The highest BCUT2D eigenvalue weighted by molar-refractivity contribution is 5.97. The molecule has 0 aliphatic rings. The molecule has 0 heterocycles. The van der Waals surface area contributed by atoms with Crippen molar-refractivity contribution in [3.63, 3.8) is 0 Å². The predicted octanol–water partition coefficient (Wildman–Crippen LogP) is 2.12. The molecule has 5 nitrogen and oxygen atoms in total. The van der Waals surface area contributed by atoms with Crippen molar-refractivity contribution in [3.05, 3.63) is 60.2 Å². The third-order valence-electron chi connectivity index (χ3n) is 2.44. The highest BCUT2D eigenvalue weighted by Crippen LogP contribution is 2.21. The SMILES string of the molecule is NCC(=O)OC(=O)c1ccc(Oc2ccccc2)cc1. The van der Waals surface area contributed by atoms with E-state index in [2.05, 4.69) is 4.74 Å². The van der Waals surface area contributed by atoms with Crippen molar-refractivity contribution < 1.29 is 19.1 Å². The summed E-state index contributed by atoms with van der Waals surface area (Å²) < 4.78 is 10.1. The average molecular weight is 271 g/mol. The highest BCUT2D eigenvalue weighted by Gasteiger charge is 2.11. The van der Waals surface area contributed by atoms with Crippen LogP contribution in [-0.4, -0.2) is 18.5 Å². The molecule has 0 saturated carbocycles. The first-order valence-electron chi connectivity index (χ1n) is 5.97. The van der Waals surface area contributed by atoms with E-state index in [9.17, 15) is 9.59 Å². The molecule has 0 aliphatic heterocycles. The summed E-state index contributed by atoms with van der Waals surface area (Å²) in [5, 5.41) is 0. The summed E-state index contributed by atoms with van der Waals surface area (Å²) in [6, 6.07) is 15.5. The molecule has 0 aromatic heterocycles. The van der Waals surface area contributed by atoms with E-state index in [4.69, 9.17) is 10.5 Å². The van der Waals surface area contributed by atoms with Crippen LogP contribution in [0.4, 0.5) is 0 Å². The molecule has 102 valence electrons. The Labute approximate surface area is 115 Å². The number of hydrogen-bond donors (Lipinski definition) is 1. The van der Waals surface area contributed by atoms with Crippen LogP contribution in [-0.2, 0) is 9.53 Å². The third-order valence-corrected chi connectivity index (χ3v) is 2.44. The Hall–Kier alpha value is -2.66. The van der Waals surface area contributed by atoms with Crippen molar-refractivity contribution in [1.29, 1.82) is 0 Å². The van der Waals surface area contributed by atoms with Gasteiger partial charge in [-0.15, -0.1) is 0 Å². The van der Waals surface area contributed by atoms with Gasteiger partial charge in [-0.1, -0.05) is 18.2 Å². The molecule has 0 bridgehead atoms. The number of carbonyl (C=O) groups is 2. The number of rotatable bonds is 4. The van der Waals surface area contributed by atoms with E-state index in [-0.39, 0.29) is 12.1 Å². The largest absolute Gasteiger partial charge is 0.457 e. The van der Waals surface area contributed by atoms with Crippen molar-refractivity contribution in [1.82, 2.24) is 0 Å². The summed E-state index contributed by atoms with van der Waals surface area (Å²) >= 11 is 0. The number of esters is 2. The average Bonchev–Trinajstić information content (AvgIpc) is 2.49. The Morgan fingerprint density at radius 3 is 2.10 bits per heavy atom. The second-order valence-electron chi connectivity index (χ2n) is 3.91. The number of ether oxygens (including phenoxy) is 2.